The number of carbonyl (C=O) groups is 2. The van der Waals surface area contributed by atoms with Crippen molar-refractivity contribution in [2.45, 2.75) is 93.9 Å². The minimum absolute atomic E-state index is 0.0346. The van der Waals surface area contributed by atoms with E-state index in [0.717, 1.165) is 36.6 Å². The number of thioether (sulfide) groups is 1. The molecular formula is C24H29F3O4S. The summed E-state index contributed by atoms with van der Waals surface area (Å²) in [6, 6.07) is 0. The van der Waals surface area contributed by atoms with Crippen LogP contribution in [0, 0.1) is 22.7 Å². The Morgan fingerprint density at radius 3 is 2.62 bits per heavy atom. The molecule has 8 heteroatoms. The summed E-state index contributed by atoms with van der Waals surface area (Å²) >= 11 is 0.985. The minimum Gasteiger partial charge on any atom is -0.458 e. The van der Waals surface area contributed by atoms with Crippen molar-refractivity contribution >= 4 is 23.5 Å². The van der Waals surface area contributed by atoms with Crippen LogP contribution in [-0.4, -0.2) is 46.2 Å². The molecule has 176 valence electrons. The first kappa shape index (κ1) is 21.5. The van der Waals surface area contributed by atoms with Gasteiger partial charge in [0.1, 0.15) is 11.2 Å². The lowest BCUT2D eigenvalue weighted by Gasteiger charge is -2.59. The van der Waals surface area contributed by atoms with Crippen LogP contribution in [0.2, 0.25) is 0 Å². The summed E-state index contributed by atoms with van der Waals surface area (Å²) in [5.74, 6) is -0.866. The van der Waals surface area contributed by atoms with Crippen LogP contribution in [0.4, 0.5) is 13.2 Å². The third-order valence-electron chi connectivity index (χ3n) is 10.1. The zero-order chi connectivity index (χ0) is 22.7. The summed E-state index contributed by atoms with van der Waals surface area (Å²) in [5, 5.41) is -0.260. The van der Waals surface area contributed by atoms with Gasteiger partial charge in [0.25, 0.3) is 0 Å². The number of halogens is 3. The number of ketones is 1. The highest BCUT2D eigenvalue weighted by molar-refractivity contribution is 8.00. The van der Waals surface area contributed by atoms with Crippen LogP contribution < -0.4 is 0 Å². The van der Waals surface area contributed by atoms with E-state index in [2.05, 4.69) is 13.8 Å². The Morgan fingerprint density at radius 1 is 1.16 bits per heavy atom. The van der Waals surface area contributed by atoms with Crippen LogP contribution in [0.15, 0.2) is 11.6 Å². The third-order valence-corrected chi connectivity index (χ3v) is 11.5. The van der Waals surface area contributed by atoms with Crippen molar-refractivity contribution < 1.29 is 32.2 Å². The Hall–Kier alpha value is -1.02. The first-order chi connectivity index (χ1) is 14.9. The Morgan fingerprint density at radius 2 is 1.94 bits per heavy atom. The molecule has 0 N–H and O–H groups in total. The van der Waals surface area contributed by atoms with Gasteiger partial charge >= 0.3 is 12.1 Å². The molecule has 6 aliphatic rings. The van der Waals surface area contributed by atoms with Gasteiger partial charge in [0.05, 0.1) is 11.9 Å². The highest BCUT2D eigenvalue weighted by Crippen LogP contribution is 2.78. The molecule has 2 saturated heterocycles. The van der Waals surface area contributed by atoms with Gasteiger partial charge in [0.2, 0.25) is 0 Å². The Labute approximate surface area is 190 Å². The molecule has 4 unspecified atom stereocenters. The maximum absolute atomic E-state index is 13.3. The second-order valence-electron chi connectivity index (χ2n) is 11.3. The molecule has 2 spiro atoms. The van der Waals surface area contributed by atoms with Crippen molar-refractivity contribution in [1.29, 1.82) is 0 Å². The number of fused-ring (bicyclic) bond motifs is 4. The lowest BCUT2D eigenvalue weighted by molar-refractivity contribution is -0.164. The van der Waals surface area contributed by atoms with E-state index in [4.69, 9.17) is 9.47 Å². The van der Waals surface area contributed by atoms with E-state index in [1.807, 2.05) is 0 Å². The molecule has 2 heterocycles. The number of alkyl halides is 3. The summed E-state index contributed by atoms with van der Waals surface area (Å²) in [4.78, 5) is 24.4. The fourth-order valence-electron chi connectivity index (χ4n) is 8.60. The number of ether oxygens (including phenoxy) is 2. The summed E-state index contributed by atoms with van der Waals surface area (Å²) in [6.07, 6.45) is 2.60. The lowest BCUT2D eigenvalue weighted by Crippen LogP contribution is -2.63. The van der Waals surface area contributed by atoms with Crippen molar-refractivity contribution in [3.8, 4) is 0 Å². The lowest BCUT2D eigenvalue weighted by atomic mass is 9.46. The number of hydrogen-bond acceptors (Lipinski definition) is 5. The van der Waals surface area contributed by atoms with Gasteiger partial charge in [-0.15, -0.1) is 11.8 Å². The normalized spacial score (nSPS) is 51.5. The smallest absolute Gasteiger partial charge is 0.397 e. The van der Waals surface area contributed by atoms with Crippen LogP contribution in [0.1, 0.15) is 65.2 Å². The Bertz CT molecular complexity index is 933. The van der Waals surface area contributed by atoms with Crippen LogP contribution in [0.5, 0.6) is 0 Å². The zero-order valence-electron chi connectivity index (χ0n) is 18.4. The number of esters is 1. The van der Waals surface area contributed by atoms with E-state index < -0.39 is 23.1 Å². The second-order valence-corrected chi connectivity index (χ2v) is 12.5. The quantitative estimate of drug-likeness (QED) is 0.420. The average molecular weight is 471 g/mol. The van der Waals surface area contributed by atoms with Gasteiger partial charge in [-0.3, -0.25) is 9.59 Å². The number of hydrogen-bond donors (Lipinski definition) is 0. The SMILES string of the molecule is C[C@]12CCC(=O)C=C1CC(SCC(F)(F)F)C1C3CC[C@@]4(CCC(=O)O4)[C@@]3(C)C[C@@H]3OC132. The number of epoxide rings is 1. The minimum atomic E-state index is -4.24. The fourth-order valence-corrected chi connectivity index (χ4v) is 9.90. The first-order valence-corrected chi connectivity index (χ1v) is 12.8. The molecule has 0 radical (unpaired) electrons. The van der Waals surface area contributed by atoms with E-state index in [-0.39, 0.29) is 45.8 Å². The Kier molecular flexibility index (Phi) is 4.27. The van der Waals surface area contributed by atoms with Gasteiger partial charge in [-0.2, -0.15) is 13.2 Å². The van der Waals surface area contributed by atoms with Gasteiger partial charge < -0.3 is 9.47 Å². The predicted octanol–water partition coefficient (Wildman–Crippen LogP) is 5.00. The molecule has 3 saturated carbocycles. The molecule has 2 aliphatic heterocycles. The van der Waals surface area contributed by atoms with E-state index >= 15 is 0 Å². The molecule has 6 rings (SSSR count). The summed E-state index contributed by atoms with van der Waals surface area (Å²) in [5.41, 5.74) is -0.621. The molecular weight excluding hydrogens is 441 g/mol. The summed E-state index contributed by atoms with van der Waals surface area (Å²) in [7, 11) is 0. The molecule has 8 atom stereocenters. The molecule has 4 aliphatic carbocycles. The van der Waals surface area contributed by atoms with Crippen LogP contribution in [0.25, 0.3) is 0 Å². The second kappa shape index (κ2) is 6.35. The van der Waals surface area contributed by atoms with E-state index in [0.29, 0.717) is 32.1 Å². The van der Waals surface area contributed by atoms with Crippen molar-refractivity contribution in [3.63, 3.8) is 0 Å². The van der Waals surface area contributed by atoms with Gasteiger partial charge in [0.15, 0.2) is 5.78 Å². The molecule has 0 aromatic heterocycles. The summed E-state index contributed by atoms with van der Waals surface area (Å²) in [6.45, 7) is 4.37. The fraction of sp³-hybridized carbons (Fsp3) is 0.833. The molecule has 32 heavy (non-hydrogen) atoms. The number of rotatable bonds is 2. The largest absolute Gasteiger partial charge is 0.458 e. The maximum atomic E-state index is 13.3. The standard InChI is InChI=1S/C24H29F3O4S/c1-20-6-3-14(28)9-13(20)10-16(32-12-23(25,26)27)19-15-4-7-22(8-5-18(29)31-22)21(15,2)11-17-24(19,20)30-17/h9,15-17,19H,3-8,10-12H2,1-2H3/t15?,16?,17-,19?,20-,21-,22+,24?/m0/s1. The van der Waals surface area contributed by atoms with Gasteiger partial charge in [0, 0.05) is 34.8 Å². The highest BCUT2D eigenvalue weighted by atomic mass is 32.2. The highest BCUT2D eigenvalue weighted by Gasteiger charge is 2.83. The molecule has 5 fully saturated rings. The van der Waals surface area contributed by atoms with Crippen molar-refractivity contribution in [2.75, 3.05) is 5.75 Å². The average Bonchev–Trinajstić information content (AvgIpc) is 3.19. The van der Waals surface area contributed by atoms with Crippen LogP contribution in [0.3, 0.4) is 0 Å². The van der Waals surface area contributed by atoms with E-state index in [9.17, 15) is 22.8 Å². The molecule has 4 nitrogen and oxygen atoms in total. The molecule has 0 aromatic rings. The Balaban J connectivity index is 1.43. The monoisotopic (exact) mass is 470 g/mol. The van der Waals surface area contributed by atoms with Gasteiger partial charge in [-0.05, 0) is 50.5 Å². The van der Waals surface area contributed by atoms with Crippen LogP contribution in [-0.2, 0) is 19.1 Å². The van der Waals surface area contributed by atoms with Gasteiger partial charge in [-0.25, -0.2) is 0 Å². The van der Waals surface area contributed by atoms with Crippen LogP contribution >= 0.6 is 11.8 Å². The first-order valence-electron chi connectivity index (χ1n) is 11.8. The zero-order valence-corrected chi connectivity index (χ0v) is 19.2. The van der Waals surface area contributed by atoms with E-state index in [1.165, 1.54) is 0 Å². The van der Waals surface area contributed by atoms with Gasteiger partial charge in [-0.1, -0.05) is 19.4 Å². The topological polar surface area (TPSA) is 55.9 Å². The maximum Gasteiger partial charge on any atom is 0.397 e. The molecule has 0 aromatic carbocycles. The van der Waals surface area contributed by atoms with E-state index in [1.54, 1.807) is 6.08 Å². The molecule has 0 amide bonds. The predicted molar refractivity (Wildman–Crippen MR) is 112 cm³/mol. The van der Waals surface area contributed by atoms with Crippen molar-refractivity contribution in [1.82, 2.24) is 0 Å². The van der Waals surface area contributed by atoms with Crippen molar-refractivity contribution in [2.24, 2.45) is 22.7 Å². The van der Waals surface area contributed by atoms with Crippen molar-refractivity contribution in [3.05, 3.63) is 11.6 Å². The third kappa shape index (κ3) is 2.57. The number of carbonyl (C=O) groups excluding carboxylic acids is 2. The summed E-state index contributed by atoms with van der Waals surface area (Å²) < 4.78 is 52.3. The molecule has 0 bridgehead atoms.